The molecule has 0 aromatic carbocycles. The first-order valence-electron chi connectivity index (χ1n) is 5.52. The topological polar surface area (TPSA) is 62.5 Å². The van der Waals surface area contributed by atoms with E-state index in [-0.39, 0.29) is 18.6 Å². The van der Waals surface area contributed by atoms with Crippen molar-refractivity contribution < 1.29 is 14.3 Å². The maximum atomic E-state index is 11.9. The van der Waals surface area contributed by atoms with Crippen molar-refractivity contribution >= 4 is 5.91 Å². The normalized spacial score (nSPS) is 12.8. The summed E-state index contributed by atoms with van der Waals surface area (Å²) >= 11 is 0. The lowest BCUT2D eigenvalue weighted by Crippen LogP contribution is -2.39. The Hall–Kier alpha value is -1.29. The lowest BCUT2D eigenvalue weighted by atomic mass is 10.0. The van der Waals surface area contributed by atoms with Gasteiger partial charge in [-0.1, -0.05) is 13.8 Å². The van der Waals surface area contributed by atoms with E-state index < -0.39 is 0 Å². The second-order valence-corrected chi connectivity index (χ2v) is 4.23. The molecule has 0 saturated carbocycles. The SMILES string of the molecule is Cc1occc1C(=O)NC(CCO)C(C)C. The molecule has 1 heterocycles. The van der Waals surface area contributed by atoms with Gasteiger partial charge in [0.15, 0.2) is 0 Å². The predicted molar refractivity (Wildman–Crippen MR) is 61.2 cm³/mol. The highest BCUT2D eigenvalue weighted by molar-refractivity contribution is 5.95. The zero-order chi connectivity index (χ0) is 12.1. The molecule has 4 heteroatoms. The highest BCUT2D eigenvalue weighted by atomic mass is 16.3. The quantitative estimate of drug-likeness (QED) is 0.802. The number of aryl methyl sites for hydroxylation is 1. The van der Waals surface area contributed by atoms with Crippen LogP contribution in [-0.2, 0) is 0 Å². The van der Waals surface area contributed by atoms with Gasteiger partial charge in [-0.25, -0.2) is 0 Å². The molecule has 1 unspecified atom stereocenters. The zero-order valence-electron chi connectivity index (χ0n) is 9.99. The summed E-state index contributed by atoms with van der Waals surface area (Å²) in [6.07, 6.45) is 2.07. The molecule has 0 aliphatic carbocycles. The number of aliphatic hydroxyl groups excluding tert-OH is 1. The van der Waals surface area contributed by atoms with Gasteiger partial charge in [-0.3, -0.25) is 4.79 Å². The second kappa shape index (κ2) is 5.70. The molecule has 90 valence electrons. The van der Waals surface area contributed by atoms with Crippen molar-refractivity contribution in [3.63, 3.8) is 0 Å². The predicted octanol–water partition coefficient (Wildman–Crippen LogP) is 1.72. The van der Waals surface area contributed by atoms with Crippen LogP contribution >= 0.6 is 0 Å². The minimum Gasteiger partial charge on any atom is -0.469 e. The monoisotopic (exact) mass is 225 g/mol. The number of carbonyl (C=O) groups is 1. The number of rotatable bonds is 5. The Morgan fingerprint density at radius 1 is 1.56 bits per heavy atom. The average Bonchev–Trinajstić information content (AvgIpc) is 2.63. The lowest BCUT2D eigenvalue weighted by molar-refractivity contribution is 0.0915. The molecule has 4 nitrogen and oxygen atoms in total. The highest BCUT2D eigenvalue weighted by Crippen LogP contribution is 2.11. The van der Waals surface area contributed by atoms with E-state index in [0.29, 0.717) is 23.7 Å². The lowest BCUT2D eigenvalue weighted by Gasteiger charge is -2.21. The number of aliphatic hydroxyl groups is 1. The van der Waals surface area contributed by atoms with Gasteiger partial charge in [0, 0.05) is 12.6 Å². The molecule has 1 aromatic rings. The molecule has 0 aliphatic rings. The maximum absolute atomic E-state index is 11.9. The summed E-state index contributed by atoms with van der Waals surface area (Å²) in [6, 6.07) is 1.65. The van der Waals surface area contributed by atoms with Crippen LogP contribution in [0.15, 0.2) is 16.7 Å². The van der Waals surface area contributed by atoms with Crippen LogP contribution in [0.4, 0.5) is 0 Å². The number of hydrogen-bond donors (Lipinski definition) is 2. The molecular formula is C12H19NO3. The van der Waals surface area contributed by atoms with Crippen molar-refractivity contribution in [1.29, 1.82) is 0 Å². The highest BCUT2D eigenvalue weighted by Gasteiger charge is 2.18. The standard InChI is InChI=1S/C12H19NO3/c1-8(2)11(4-6-14)13-12(15)10-5-7-16-9(10)3/h5,7-8,11,14H,4,6H2,1-3H3,(H,13,15). The molecule has 0 spiro atoms. The van der Waals surface area contributed by atoms with Crippen molar-refractivity contribution in [2.45, 2.75) is 33.2 Å². The smallest absolute Gasteiger partial charge is 0.255 e. The molecule has 1 rings (SSSR count). The largest absolute Gasteiger partial charge is 0.469 e. The van der Waals surface area contributed by atoms with Crippen LogP contribution < -0.4 is 5.32 Å². The van der Waals surface area contributed by atoms with Gasteiger partial charge < -0.3 is 14.8 Å². The van der Waals surface area contributed by atoms with E-state index in [1.807, 2.05) is 13.8 Å². The number of carbonyl (C=O) groups excluding carboxylic acids is 1. The molecule has 2 N–H and O–H groups in total. The van der Waals surface area contributed by atoms with Gasteiger partial charge in [0.2, 0.25) is 0 Å². The minimum atomic E-state index is -0.140. The summed E-state index contributed by atoms with van der Waals surface area (Å²) in [6.45, 7) is 5.87. The van der Waals surface area contributed by atoms with E-state index in [2.05, 4.69) is 5.32 Å². The average molecular weight is 225 g/mol. The molecule has 0 aliphatic heterocycles. The molecule has 1 amide bonds. The first kappa shape index (κ1) is 12.8. The first-order chi connectivity index (χ1) is 7.56. The fraction of sp³-hybridized carbons (Fsp3) is 0.583. The Balaban J connectivity index is 2.65. The van der Waals surface area contributed by atoms with Gasteiger partial charge in [0.25, 0.3) is 5.91 Å². The number of furan rings is 1. The fourth-order valence-corrected chi connectivity index (χ4v) is 1.58. The molecule has 1 atom stereocenters. The van der Waals surface area contributed by atoms with Crippen LogP contribution in [0.25, 0.3) is 0 Å². The third-order valence-corrected chi connectivity index (χ3v) is 2.66. The van der Waals surface area contributed by atoms with E-state index in [4.69, 9.17) is 9.52 Å². The van der Waals surface area contributed by atoms with Crippen LogP contribution in [0.3, 0.4) is 0 Å². The van der Waals surface area contributed by atoms with Crippen LogP contribution in [0, 0.1) is 12.8 Å². The Bertz CT molecular complexity index is 344. The Labute approximate surface area is 95.7 Å². The summed E-state index contributed by atoms with van der Waals surface area (Å²) in [5, 5.41) is 11.8. The summed E-state index contributed by atoms with van der Waals surface area (Å²) in [4.78, 5) is 11.9. The van der Waals surface area contributed by atoms with E-state index in [1.165, 1.54) is 6.26 Å². The van der Waals surface area contributed by atoms with Crippen LogP contribution in [0.2, 0.25) is 0 Å². The van der Waals surface area contributed by atoms with E-state index in [9.17, 15) is 4.79 Å². The maximum Gasteiger partial charge on any atom is 0.255 e. The molecule has 16 heavy (non-hydrogen) atoms. The number of amides is 1. The van der Waals surface area contributed by atoms with Crippen molar-refractivity contribution in [2.24, 2.45) is 5.92 Å². The van der Waals surface area contributed by atoms with Gasteiger partial charge in [0.1, 0.15) is 5.76 Å². The summed E-state index contributed by atoms with van der Waals surface area (Å²) in [5.41, 5.74) is 0.559. The van der Waals surface area contributed by atoms with Gasteiger partial charge >= 0.3 is 0 Å². The Morgan fingerprint density at radius 3 is 2.69 bits per heavy atom. The fourth-order valence-electron chi connectivity index (χ4n) is 1.58. The molecule has 0 bridgehead atoms. The Kier molecular flexibility index (Phi) is 4.55. The van der Waals surface area contributed by atoms with Gasteiger partial charge in [-0.05, 0) is 25.3 Å². The van der Waals surface area contributed by atoms with E-state index in [1.54, 1.807) is 13.0 Å². The van der Waals surface area contributed by atoms with Gasteiger partial charge in [-0.15, -0.1) is 0 Å². The zero-order valence-corrected chi connectivity index (χ0v) is 9.99. The summed E-state index contributed by atoms with van der Waals surface area (Å²) in [7, 11) is 0. The minimum absolute atomic E-state index is 0.00759. The number of hydrogen-bond acceptors (Lipinski definition) is 3. The molecule has 0 fully saturated rings. The van der Waals surface area contributed by atoms with Crippen LogP contribution in [0.5, 0.6) is 0 Å². The van der Waals surface area contributed by atoms with Crippen molar-refractivity contribution in [2.75, 3.05) is 6.61 Å². The van der Waals surface area contributed by atoms with E-state index >= 15 is 0 Å². The molecule has 0 radical (unpaired) electrons. The Morgan fingerprint density at radius 2 is 2.25 bits per heavy atom. The van der Waals surface area contributed by atoms with Crippen molar-refractivity contribution in [3.8, 4) is 0 Å². The van der Waals surface area contributed by atoms with Crippen molar-refractivity contribution in [3.05, 3.63) is 23.7 Å². The molecular weight excluding hydrogens is 206 g/mol. The van der Waals surface area contributed by atoms with Crippen molar-refractivity contribution in [1.82, 2.24) is 5.32 Å². The first-order valence-corrected chi connectivity index (χ1v) is 5.52. The summed E-state index contributed by atoms with van der Waals surface area (Å²) < 4.78 is 5.08. The van der Waals surface area contributed by atoms with Gasteiger partial charge in [-0.2, -0.15) is 0 Å². The van der Waals surface area contributed by atoms with Crippen LogP contribution in [0.1, 0.15) is 36.4 Å². The van der Waals surface area contributed by atoms with Crippen LogP contribution in [-0.4, -0.2) is 23.7 Å². The third kappa shape index (κ3) is 3.10. The molecule has 0 saturated heterocycles. The summed E-state index contributed by atoms with van der Waals surface area (Å²) in [5.74, 6) is 0.769. The van der Waals surface area contributed by atoms with Gasteiger partial charge in [0.05, 0.1) is 11.8 Å². The van der Waals surface area contributed by atoms with E-state index in [0.717, 1.165) is 0 Å². The number of nitrogens with one attached hydrogen (secondary N) is 1. The second-order valence-electron chi connectivity index (χ2n) is 4.23. The molecule has 1 aromatic heterocycles. The third-order valence-electron chi connectivity index (χ3n) is 2.66.